The number of carbonyl (C=O) groups is 1. The molecule has 5 heteroatoms. The molecule has 1 unspecified atom stereocenters. The van der Waals surface area contributed by atoms with Gasteiger partial charge in [0.2, 0.25) is 0 Å². The van der Waals surface area contributed by atoms with Crippen LogP contribution in [-0.2, 0) is 9.53 Å². The Hall–Kier alpha value is -1.46. The average molecular weight is 264 g/mol. The standard InChI is InChI=1S/C14H20N2O3/c1-11(13-4-2-3-7-15-13)16-8-5-12(6-9-16)19-10-14(17)18/h2-4,7,11-12H,5-6,8-10H2,1H3,(H,17,18). The van der Waals surface area contributed by atoms with Crippen LogP contribution in [0.3, 0.4) is 0 Å². The molecule has 0 aliphatic carbocycles. The van der Waals surface area contributed by atoms with Gasteiger partial charge < -0.3 is 9.84 Å². The summed E-state index contributed by atoms with van der Waals surface area (Å²) in [5.74, 6) is -0.899. The molecule has 1 aromatic heterocycles. The highest BCUT2D eigenvalue weighted by molar-refractivity contribution is 5.68. The summed E-state index contributed by atoms with van der Waals surface area (Å²) >= 11 is 0. The van der Waals surface area contributed by atoms with Gasteiger partial charge in [-0.05, 0) is 31.9 Å². The minimum absolute atomic E-state index is 0.0725. The van der Waals surface area contributed by atoms with Gasteiger partial charge in [-0.3, -0.25) is 9.88 Å². The molecule has 1 atom stereocenters. The number of aliphatic carboxylic acids is 1. The molecule has 1 N–H and O–H groups in total. The van der Waals surface area contributed by atoms with Crippen molar-refractivity contribution in [1.29, 1.82) is 0 Å². The fourth-order valence-electron chi connectivity index (χ4n) is 2.43. The Kier molecular flexibility index (Phi) is 4.87. The van der Waals surface area contributed by atoms with Crippen LogP contribution in [0.15, 0.2) is 24.4 Å². The van der Waals surface area contributed by atoms with Crippen LogP contribution in [0.4, 0.5) is 0 Å². The summed E-state index contributed by atoms with van der Waals surface area (Å²) in [5, 5.41) is 8.59. The number of rotatable bonds is 5. The Balaban J connectivity index is 1.81. The van der Waals surface area contributed by atoms with E-state index in [1.165, 1.54) is 0 Å². The highest BCUT2D eigenvalue weighted by Crippen LogP contribution is 2.23. The van der Waals surface area contributed by atoms with Crippen molar-refractivity contribution < 1.29 is 14.6 Å². The zero-order valence-corrected chi connectivity index (χ0v) is 11.2. The van der Waals surface area contributed by atoms with Gasteiger partial charge in [0, 0.05) is 25.3 Å². The number of carboxylic acid groups (broad SMARTS) is 1. The number of likely N-dealkylation sites (tertiary alicyclic amines) is 1. The molecule has 2 heterocycles. The molecule has 0 bridgehead atoms. The molecule has 2 rings (SSSR count). The maximum absolute atomic E-state index is 10.5. The van der Waals surface area contributed by atoms with E-state index in [1.54, 1.807) is 0 Å². The molecule has 0 radical (unpaired) electrons. The predicted molar refractivity (Wildman–Crippen MR) is 70.8 cm³/mol. The summed E-state index contributed by atoms with van der Waals surface area (Å²) in [6, 6.07) is 6.25. The van der Waals surface area contributed by atoms with E-state index in [9.17, 15) is 4.79 Å². The SMILES string of the molecule is CC(c1ccccn1)N1CCC(OCC(=O)O)CC1. The van der Waals surface area contributed by atoms with Gasteiger partial charge >= 0.3 is 5.97 Å². The van der Waals surface area contributed by atoms with E-state index in [0.717, 1.165) is 31.6 Å². The summed E-state index contributed by atoms with van der Waals surface area (Å²) in [5.41, 5.74) is 1.08. The fraction of sp³-hybridized carbons (Fsp3) is 0.571. The monoisotopic (exact) mass is 264 g/mol. The molecule has 1 aromatic rings. The van der Waals surface area contributed by atoms with Crippen LogP contribution in [0.5, 0.6) is 0 Å². The van der Waals surface area contributed by atoms with Gasteiger partial charge in [0.15, 0.2) is 0 Å². The van der Waals surface area contributed by atoms with Crippen molar-refractivity contribution in [2.45, 2.75) is 31.9 Å². The number of carboxylic acids is 1. The van der Waals surface area contributed by atoms with E-state index in [4.69, 9.17) is 9.84 Å². The highest BCUT2D eigenvalue weighted by Gasteiger charge is 2.24. The lowest BCUT2D eigenvalue weighted by Gasteiger charge is -2.35. The van der Waals surface area contributed by atoms with Crippen LogP contribution in [-0.4, -0.2) is 46.8 Å². The van der Waals surface area contributed by atoms with Crippen LogP contribution >= 0.6 is 0 Å². The summed E-state index contributed by atoms with van der Waals surface area (Å²) in [6.07, 6.45) is 3.65. The number of hydrogen-bond acceptors (Lipinski definition) is 4. The third kappa shape index (κ3) is 4.01. The van der Waals surface area contributed by atoms with Gasteiger partial charge in [-0.25, -0.2) is 4.79 Å². The minimum atomic E-state index is -0.899. The largest absolute Gasteiger partial charge is 0.480 e. The molecule has 1 aliphatic rings. The van der Waals surface area contributed by atoms with Crippen LogP contribution < -0.4 is 0 Å². The van der Waals surface area contributed by atoms with Crippen molar-refractivity contribution in [3.05, 3.63) is 30.1 Å². The lowest BCUT2D eigenvalue weighted by Crippen LogP contribution is -2.39. The first-order valence-corrected chi connectivity index (χ1v) is 6.65. The molecule has 1 saturated heterocycles. The van der Waals surface area contributed by atoms with Crippen molar-refractivity contribution >= 4 is 5.97 Å². The Morgan fingerprint density at radius 1 is 1.53 bits per heavy atom. The van der Waals surface area contributed by atoms with Crippen LogP contribution in [0.2, 0.25) is 0 Å². The number of ether oxygens (including phenoxy) is 1. The van der Waals surface area contributed by atoms with Gasteiger partial charge in [-0.15, -0.1) is 0 Å². The molecular weight excluding hydrogens is 244 g/mol. The van der Waals surface area contributed by atoms with Crippen molar-refractivity contribution in [2.75, 3.05) is 19.7 Å². The first-order chi connectivity index (χ1) is 9.16. The maximum atomic E-state index is 10.5. The minimum Gasteiger partial charge on any atom is -0.480 e. The third-order valence-electron chi connectivity index (χ3n) is 3.58. The summed E-state index contributed by atoms with van der Waals surface area (Å²) in [6.45, 7) is 3.80. The molecule has 5 nitrogen and oxygen atoms in total. The van der Waals surface area contributed by atoms with Crippen molar-refractivity contribution in [3.8, 4) is 0 Å². The molecule has 0 aromatic carbocycles. The van der Waals surface area contributed by atoms with E-state index in [2.05, 4.69) is 16.8 Å². The number of pyridine rings is 1. The molecule has 104 valence electrons. The number of piperidine rings is 1. The molecule has 0 amide bonds. The van der Waals surface area contributed by atoms with E-state index in [1.807, 2.05) is 24.4 Å². The second-order valence-corrected chi connectivity index (χ2v) is 4.87. The van der Waals surface area contributed by atoms with Crippen molar-refractivity contribution in [1.82, 2.24) is 9.88 Å². The first kappa shape index (κ1) is 14.0. The third-order valence-corrected chi connectivity index (χ3v) is 3.58. The van der Waals surface area contributed by atoms with Crippen LogP contribution in [0, 0.1) is 0 Å². The van der Waals surface area contributed by atoms with Gasteiger partial charge in [0.1, 0.15) is 6.61 Å². The zero-order chi connectivity index (χ0) is 13.7. The smallest absolute Gasteiger partial charge is 0.329 e. The quantitative estimate of drug-likeness (QED) is 0.877. The van der Waals surface area contributed by atoms with Gasteiger partial charge in [0.25, 0.3) is 0 Å². The van der Waals surface area contributed by atoms with Gasteiger partial charge in [0.05, 0.1) is 11.8 Å². The maximum Gasteiger partial charge on any atom is 0.329 e. The Morgan fingerprint density at radius 2 is 2.26 bits per heavy atom. The van der Waals surface area contributed by atoms with E-state index >= 15 is 0 Å². The molecule has 1 aliphatic heterocycles. The topological polar surface area (TPSA) is 62.7 Å². The summed E-state index contributed by atoms with van der Waals surface area (Å²) in [4.78, 5) is 17.2. The lowest BCUT2D eigenvalue weighted by molar-refractivity contribution is -0.145. The van der Waals surface area contributed by atoms with Gasteiger partial charge in [-0.2, -0.15) is 0 Å². The van der Waals surface area contributed by atoms with E-state index in [-0.39, 0.29) is 12.7 Å². The number of hydrogen-bond donors (Lipinski definition) is 1. The average Bonchev–Trinajstić information content (AvgIpc) is 2.46. The molecule has 1 fully saturated rings. The Morgan fingerprint density at radius 3 is 2.84 bits per heavy atom. The van der Waals surface area contributed by atoms with Crippen LogP contribution in [0.25, 0.3) is 0 Å². The van der Waals surface area contributed by atoms with E-state index in [0.29, 0.717) is 6.04 Å². The Labute approximate surface area is 113 Å². The Bertz CT molecular complexity index is 402. The highest BCUT2D eigenvalue weighted by atomic mass is 16.5. The summed E-state index contributed by atoms with van der Waals surface area (Å²) in [7, 11) is 0. The molecule has 0 spiro atoms. The number of aromatic nitrogens is 1. The van der Waals surface area contributed by atoms with Crippen molar-refractivity contribution in [2.24, 2.45) is 0 Å². The van der Waals surface area contributed by atoms with E-state index < -0.39 is 5.97 Å². The van der Waals surface area contributed by atoms with Gasteiger partial charge in [-0.1, -0.05) is 6.07 Å². The molecule has 0 saturated carbocycles. The van der Waals surface area contributed by atoms with Crippen LogP contribution in [0.1, 0.15) is 31.5 Å². The first-order valence-electron chi connectivity index (χ1n) is 6.65. The summed E-state index contributed by atoms with van der Waals surface area (Å²) < 4.78 is 5.34. The normalized spacial score (nSPS) is 19.2. The van der Waals surface area contributed by atoms with Crippen molar-refractivity contribution in [3.63, 3.8) is 0 Å². The second-order valence-electron chi connectivity index (χ2n) is 4.87. The molecular formula is C14H20N2O3. The second kappa shape index (κ2) is 6.63. The zero-order valence-electron chi connectivity index (χ0n) is 11.2. The lowest BCUT2D eigenvalue weighted by atomic mass is 10.0. The predicted octanol–water partition coefficient (Wildman–Crippen LogP) is 1.71. The number of nitrogens with zero attached hydrogens (tertiary/aromatic N) is 2. The fourth-order valence-corrected chi connectivity index (χ4v) is 2.43. The molecule has 19 heavy (non-hydrogen) atoms.